The Morgan fingerprint density at radius 1 is 1.23 bits per heavy atom. The van der Waals surface area contributed by atoms with Crippen LogP contribution in [-0.2, 0) is 22.7 Å². The summed E-state index contributed by atoms with van der Waals surface area (Å²) < 4.78 is 42.5. The topological polar surface area (TPSA) is 85.7 Å². The van der Waals surface area contributed by atoms with Crippen LogP contribution in [-0.4, -0.2) is 41.4 Å². The monoisotopic (exact) mass is 421 g/mol. The molecule has 2 N–H and O–H groups in total. The third-order valence-corrected chi connectivity index (χ3v) is 5.51. The van der Waals surface area contributed by atoms with E-state index in [9.17, 15) is 13.9 Å². The van der Waals surface area contributed by atoms with E-state index in [0.717, 1.165) is 30.4 Å². The number of nitrogens with zero attached hydrogens (tertiary/aromatic N) is 2. The molecular weight excluding hydrogens is 396 g/mol. The highest BCUT2D eigenvalue weighted by molar-refractivity contribution is 5.73. The van der Waals surface area contributed by atoms with Crippen molar-refractivity contribution in [3.05, 3.63) is 34.9 Å². The van der Waals surface area contributed by atoms with E-state index in [2.05, 4.69) is 15.5 Å². The molecule has 1 aliphatic carbocycles. The normalized spacial score (nSPS) is 21.0. The van der Waals surface area contributed by atoms with Gasteiger partial charge in [0.05, 0.1) is 19.3 Å². The van der Waals surface area contributed by atoms with Crippen LogP contribution in [0.4, 0.5) is 14.6 Å². The molecule has 1 aromatic carbocycles. The highest BCUT2D eigenvalue weighted by Crippen LogP contribution is 2.39. The Morgan fingerprint density at radius 2 is 2.07 bits per heavy atom. The van der Waals surface area contributed by atoms with E-state index < -0.39 is 6.43 Å². The van der Waals surface area contributed by atoms with E-state index in [0.29, 0.717) is 36.7 Å². The van der Waals surface area contributed by atoms with Crippen LogP contribution in [0.15, 0.2) is 18.2 Å². The molecule has 1 aromatic heterocycles. The van der Waals surface area contributed by atoms with Crippen LogP contribution >= 0.6 is 0 Å². The molecule has 7 nitrogen and oxygen atoms in total. The molecule has 1 aliphatic heterocycles. The molecule has 9 heteroatoms. The quantitative estimate of drug-likeness (QED) is 0.658. The van der Waals surface area contributed by atoms with Crippen molar-refractivity contribution in [3.8, 4) is 17.0 Å². The number of fused-ring (bicyclic) bond motifs is 1. The van der Waals surface area contributed by atoms with Gasteiger partial charge < -0.3 is 24.6 Å². The van der Waals surface area contributed by atoms with E-state index >= 15 is 0 Å². The second kappa shape index (κ2) is 9.20. The molecule has 0 bridgehead atoms. The average molecular weight is 421 g/mol. The average Bonchev–Trinajstić information content (AvgIpc) is 3.23. The number of aromatic nitrogens is 2. The Bertz CT molecular complexity index is 897. The van der Waals surface area contributed by atoms with Crippen LogP contribution in [0, 0.1) is 0 Å². The summed E-state index contributed by atoms with van der Waals surface area (Å²) >= 11 is 0. The Balaban J connectivity index is 1.68. The predicted octanol–water partition coefficient (Wildman–Crippen LogP) is 3.81. The molecule has 0 unspecified atom stereocenters. The van der Waals surface area contributed by atoms with Gasteiger partial charge in [-0.05, 0) is 37.8 Å². The zero-order chi connectivity index (χ0) is 21.1. The van der Waals surface area contributed by atoms with Gasteiger partial charge in [-0.15, -0.1) is 10.2 Å². The van der Waals surface area contributed by atoms with Gasteiger partial charge in [0.2, 0.25) is 0 Å². The number of hydrogen-bond acceptors (Lipinski definition) is 7. The van der Waals surface area contributed by atoms with Gasteiger partial charge in [0.1, 0.15) is 11.4 Å². The van der Waals surface area contributed by atoms with Crippen LogP contribution in [0.3, 0.4) is 0 Å². The molecule has 4 rings (SSSR count). The fourth-order valence-corrected chi connectivity index (χ4v) is 4.01. The predicted molar refractivity (Wildman–Crippen MR) is 105 cm³/mol. The first-order chi connectivity index (χ1) is 14.6. The van der Waals surface area contributed by atoms with Crippen molar-refractivity contribution in [2.24, 2.45) is 0 Å². The van der Waals surface area contributed by atoms with E-state index in [1.165, 1.54) is 19.2 Å². The fraction of sp³-hybridized carbons (Fsp3) is 0.524. The number of benzene rings is 1. The first-order valence-corrected chi connectivity index (χ1v) is 10.0. The number of anilines is 1. The minimum atomic E-state index is -2.61. The van der Waals surface area contributed by atoms with Gasteiger partial charge in [0.15, 0.2) is 12.6 Å². The number of hydrogen-bond donors (Lipinski definition) is 2. The molecule has 2 aliphatic rings. The second-order valence-electron chi connectivity index (χ2n) is 7.62. The van der Waals surface area contributed by atoms with Crippen molar-refractivity contribution in [2.75, 3.05) is 19.2 Å². The maximum Gasteiger partial charge on any atom is 0.263 e. The summed E-state index contributed by atoms with van der Waals surface area (Å²) in [6.07, 6.45) is 0.495. The first-order valence-electron chi connectivity index (χ1n) is 10.0. The number of ether oxygens (including phenoxy) is 3. The van der Waals surface area contributed by atoms with Crippen molar-refractivity contribution < 1.29 is 28.1 Å². The van der Waals surface area contributed by atoms with Crippen molar-refractivity contribution in [1.29, 1.82) is 0 Å². The summed E-state index contributed by atoms with van der Waals surface area (Å²) in [6.45, 7) is 0.663. The third-order valence-electron chi connectivity index (χ3n) is 5.51. The number of aliphatic hydroxyl groups is 1. The van der Waals surface area contributed by atoms with E-state index in [-0.39, 0.29) is 30.3 Å². The SMILES string of the molecule is COCOc1cc(C(F)F)ccc1-c1nnc(N[C@@H]2CCC[C@H](O)C2)c2c1COC2. The molecule has 0 saturated heterocycles. The highest BCUT2D eigenvalue weighted by Gasteiger charge is 2.27. The summed E-state index contributed by atoms with van der Waals surface area (Å²) in [7, 11) is 1.46. The molecular formula is C21H25F2N3O4. The van der Waals surface area contributed by atoms with Crippen molar-refractivity contribution in [3.63, 3.8) is 0 Å². The fourth-order valence-electron chi connectivity index (χ4n) is 4.01. The molecule has 1 fully saturated rings. The van der Waals surface area contributed by atoms with Gasteiger partial charge in [0, 0.05) is 35.4 Å². The molecule has 2 aromatic rings. The van der Waals surface area contributed by atoms with Crippen molar-refractivity contribution >= 4 is 5.82 Å². The van der Waals surface area contributed by atoms with Gasteiger partial charge in [-0.1, -0.05) is 6.07 Å². The highest BCUT2D eigenvalue weighted by atomic mass is 19.3. The Hall–Kier alpha value is -2.36. The van der Waals surface area contributed by atoms with Crippen LogP contribution < -0.4 is 10.1 Å². The van der Waals surface area contributed by atoms with Gasteiger partial charge in [0.25, 0.3) is 6.43 Å². The molecule has 2 heterocycles. The number of nitrogens with one attached hydrogen (secondary N) is 1. The third kappa shape index (κ3) is 4.38. The molecule has 2 atom stereocenters. The molecule has 1 saturated carbocycles. The van der Waals surface area contributed by atoms with Crippen LogP contribution in [0.25, 0.3) is 11.3 Å². The molecule has 0 spiro atoms. The van der Waals surface area contributed by atoms with E-state index in [4.69, 9.17) is 14.2 Å². The lowest BCUT2D eigenvalue weighted by Crippen LogP contribution is -2.30. The van der Waals surface area contributed by atoms with Crippen LogP contribution in [0.1, 0.15) is 48.8 Å². The lowest BCUT2D eigenvalue weighted by atomic mass is 9.93. The lowest BCUT2D eigenvalue weighted by molar-refractivity contribution is 0.0511. The molecule has 162 valence electrons. The maximum absolute atomic E-state index is 13.2. The van der Waals surface area contributed by atoms with Gasteiger partial charge in [-0.3, -0.25) is 0 Å². The molecule has 30 heavy (non-hydrogen) atoms. The van der Waals surface area contributed by atoms with Gasteiger partial charge >= 0.3 is 0 Å². The lowest BCUT2D eigenvalue weighted by Gasteiger charge is -2.27. The second-order valence-corrected chi connectivity index (χ2v) is 7.62. The zero-order valence-corrected chi connectivity index (χ0v) is 16.7. The smallest absolute Gasteiger partial charge is 0.263 e. The summed E-state index contributed by atoms with van der Waals surface area (Å²) in [5, 5.41) is 22.1. The Kier molecular flexibility index (Phi) is 6.40. The summed E-state index contributed by atoms with van der Waals surface area (Å²) in [4.78, 5) is 0. The maximum atomic E-state index is 13.2. The number of rotatable bonds is 7. The Labute approximate surface area is 173 Å². The largest absolute Gasteiger partial charge is 0.467 e. The Morgan fingerprint density at radius 3 is 2.83 bits per heavy atom. The minimum absolute atomic E-state index is 0.0740. The van der Waals surface area contributed by atoms with Gasteiger partial charge in [-0.2, -0.15) is 0 Å². The first kappa shape index (κ1) is 20.9. The van der Waals surface area contributed by atoms with Gasteiger partial charge in [-0.25, -0.2) is 8.78 Å². The van der Waals surface area contributed by atoms with Crippen molar-refractivity contribution in [1.82, 2.24) is 10.2 Å². The van der Waals surface area contributed by atoms with Crippen LogP contribution in [0.5, 0.6) is 5.75 Å². The van der Waals surface area contributed by atoms with Crippen LogP contribution in [0.2, 0.25) is 0 Å². The summed E-state index contributed by atoms with van der Waals surface area (Å²) in [6, 6.07) is 4.36. The molecule has 0 amide bonds. The molecule has 0 radical (unpaired) electrons. The summed E-state index contributed by atoms with van der Waals surface area (Å²) in [5.74, 6) is 0.906. The standard InChI is InChI=1S/C21H25F2N3O4/c1-28-11-30-18-7-12(20(22)23)5-6-15(18)19-16-9-29-10-17(16)21(26-25-19)24-13-3-2-4-14(27)8-13/h5-7,13-14,20,27H,2-4,8-11H2,1H3,(H,24,26)/t13-,14+/m1/s1. The number of alkyl halides is 2. The van der Waals surface area contributed by atoms with Crippen molar-refractivity contribution in [2.45, 2.75) is 57.5 Å². The number of aliphatic hydroxyl groups excluding tert-OH is 1. The zero-order valence-electron chi connectivity index (χ0n) is 16.7. The summed E-state index contributed by atoms with van der Waals surface area (Å²) in [5.41, 5.74) is 2.72. The van der Waals surface area contributed by atoms with E-state index in [1.807, 2.05) is 0 Å². The van der Waals surface area contributed by atoms with E-state index in [1.54, 1.807) is 6.07 Å². The minimum Gasteiger partial charge on any atom is -0.467 e. The number of methoxy groups -OCH3 is 1. The number of halogens is 2.